The van der Waals surface area contributed by atoms with Crippen molar-refractivity contribution in [3.8, 4) is 0 Å². The highest BCUT2D eigenvalue weighted by molar-refractivity contribution is 5.05. The van der Waals surface area contributed by atoms with Crippen LogP contribution in [0.15, 0.2) is 4.52 Å². The van der Waals surface area contributed by atoms with Crippen LogP contribution < -0.4 is 5.32 Å². The van der Waals surface area contributed by atoms with Crippen LogP contribution in [-0.2, 0) is 10.3 Å². The molecular formula is C14H24N4O2. The Labute approximate surface area is 119 Å². The van der Waals surface area contributed by atoms with Gasteiger partial charge in [-0.2, -0.15) is 4.98 Å². The van der Waals surface area contributed by atoms with E-state index in [1.165, 1.54) is 0 Å². The van der Waals surface area contributed by atoms with Crippen LogP contribution >= 0.6 is 0 Å². The monoisotopic (exact) mass is 280 g/mol. The van der Waals surface area contributed by atoms with Gasteiger partial charge in [0.05, 0.1) is 5.54 Å². The first kappa shape index (κ1) is 14.0. The van der Waals surface area contributed by atoms with Crippen LogP contribution in [-0.4, -0.2) is 47.8 Å². The summed E-state index contributed by atoms with van der Waals surface area (Å²) in [6.45, 7) is 11.3. The van der Waals surface area contributed by atoms with E-state index in [-0.39, 0.29) is 11.6 Å². The molecule has 6 heteroatoms. The average molecular weight is 280 g/mol. The minimum Gasteiger partial charge on any atom is -0.368 e. The van der Waals surface area contributed by atoms with Gasteiger partial charge in [-0.15, -0.1) is 0 Å². The summed E-state index contributed by atoms with van der Waals surface area (Å²) in [5.41, 5.74) is -0.203. The molecule has 2 atom stereocenters. The van der Waals surface area contributed by atoms with Gasteiger partial charge >= 0.3 is 0 Å². The summed E-state index contributed by atoms with van der Waals surface area (Å²) in [7, 11) is 0. The Morgan fingerprint density at radius 2 is 2.05 bits per heavy atom. The Kier molecular flexibility index (Phi) is 3.79. The van der Waals surface area contributed by atoms with Crippen molar-refractivity contribution in [3.05, 3.63) is 11.7 Å². The van der Waals surface area contributed by atoms with Crippen molar-refractivity contribution in [1.29, 1.82) is 0 Å². The van der Waals surface area contributed by atoms with E-state index in [2.05, 4.69) is 41.1 Å². The molecule has 2 aliphatic rings. The predicted molar refractivity (Wildman–Crippen MR) is 74.2 cm³/mol. The SMILES string of the molecule is CC1CCOC1c1nc(C(C)(C)N2CCNCC2)no1. The molecule has 2 aliphatic heterocycles. The largest absolute Gasteiger partial charge is 0.368 e. The van der Waals surface area contributed by atoms with E-state index in [9.17, 15) is 0 Å². The number of hydrogen-bond acceptors (Lipinski definition) is 6. The fraction of sp³-hybridized carbons (Fsp3) is 0.857. The first-order valence-electron chi connectivity index (χ1n) is 7.50. The highest BCUT2D eigenvalue weighted by Gasteiger charge is 2.37. The lowest BCUT2D eigenvalue weighted by molar-refractivity contribution is 0.0660. The molecule has 6 nitrogen and oxygen atoms in total. The molecule has 1 N–H and O–H groups in total. The molecule has 0 aromatic carbocycles. The normalized spacial score (nSPS) is 28.9. The van der Waals surface area contributed by atoms with E-state index in [0.717, 1.165) is 45.0 Å². The van der Waals surface area contributed by atoms with Gasteiger partial charge < -0.3 is 14.6 Å². The Balaban J connectivity index is 1.78. The third-order valence-electron chi connectivity index (χ3n) is 4.53. The molecule has 0 spiro atoms. The first-order valence-corrected chi connectivity index (χ1v) is 7.50. The van der Waals surface area contributed by atoms with Crippen LogP contribution in [0, 0.1) is 5.92 Å². The molecule has 2 fully saturated rings. The Morgan fingerprint density at radius 1 is 1.30 bits per heavy atom. The van der Waals surface area contributed by atoms with E-state index in [1.54, 1.807) is 0 Å². The van der Waals surface area contributed by atoms with Gasteiger partial charge in [0, 0.05) is 32.8 Å². The summed E-state index contributed by atoms with van der Waals surface area (Å²) in [6.07, 6.45) is 1.03. The van der Waals surface area contributed by atoms with Gasteiger partial charge in [0.1, 0.15) is 6.10 Å². The third-order valence-corrected chi connectivity index (χ3v) is 4.53. The Hall–Kier alpha value is -0.980. The molecule has 2 unspecified atom stereocenters. The number of nitrogens with one attached hydrogen (secondary N) is 1. The number of nitrogens with zero attached hydrogens (tertiary/aromatic N) is 3. The minimum atomic E-state index is -0.203. The maximum absolute atomic E-state index is 5.70. The maximum Gasteiger partial charge on any atom is 0.256 e. The quantitative estimate of drug-likeness (QED) is 0.900. The zero-order chi connectivity index (χ0) is 14.2. The number of aromatic nitrogens is 2. The highest BCUT2D eigenvalue weighted by atomic mass is 16.5. The second-order valence-electron chi connectivity index (χ2n) is 6.31. The van der Waals surface area contributed by atoms with E-state index in [0.29, 0.717) is 11.8 Å². The predicted octanol–water partition coefficient (Wildman–Crippen LogP) is 1.31. The molecule has 0 radical (unpaired) electrons. The van der Waals surface area contributed by atoms with Crippen molar-refractivity contribution in [1.82, 2.24) is 20.4 Å². The zero-order valence-electron chi connectivity index (χ0n) is 12.6. The van der Waals surface area contributed by atoms with Crippen LogP contribution in [0.4, 0.5) is 0 Å². The maximum atomic E-state index is 5.70. The Bertz CT molecular complexity index is 454. The molecule has 3 heterocycles. The molecule has 0 amide bonds. The molecular weight excluding hydrogens is 256 g/mol. The summed E-state index contributed by atoms with van der Waals surface area (Å²) < 4.78 is 11.2. The van der Waals surface area contributed by atoms with Gasteiger partial charge in [-0.05, 0) is 26.2 Å². The second-order valence-corrected chi connectivity index (χ2v) is 6.31. The van der Waals surface area contributed by atoms with Gasteiger partial charge in [0.15, 0.2) is 5.82 Å². The number of hydrogen-bond donors (Lipinski definition) is 1. The van der Waals surface area contributed by atoms with Crippen LogP contribution in [0.1, 0.15) is 45.0 Å². The van der Waals surface area contributed by atoms with Gasteiger partial charge in [-0.1, -0.05) is 12.1 Å². The molecule has 2 saturated heterocycles. The van der Waals surface area contributed by atoms with Crippen molar-refractivity contribution in [2.24, 2.45) is 5.92 Å². The van der Waals surface area contributed by atoms with Crippen LogP contribution in [0.5, 0.6) is 0 Å². The van der Waals surface area contributed by atoms with E-state index in [1.807, 2.05) is 0 Å². The molecule has 3 rings (SSSR count). The average Bonchev–Trinajstić information content (AvgIpc) is 3.08. The summed E-state index contributed by atoms with van der Waals surface area (Å²) in [4.78, 5) is 7.02. The topological polar surface area (TPSA) is 63.4 Å². The van der Waals surface area contributed by atoms with Gasteiger partial charge in [0.2, 0.25) is 0 Å². The summed E-state index contributed by atoms with van der Waals surface area (Å²) in [5, 5.41) is 7.58. The fourth-order valence-corrected chi connectivity index (χ4v) is 2.98. The van der Waals surface area contributed by atoms with Gasteiger partial charge in [0.25, 0.3) is 5.89 Å². The molecule has 1 aromatic rings. The lowest BCUT2D eigenvalue weighted by atomic mass is 10.0. The van der Waals surface area contributed by atoms with Crippen LogP contribution in [0.3, 0.4) is 0 Å². The van der Waals surface area contributed by atoms with Crippen LogP contribution in [0.2, 0.25) is 0 Å². The first-order chi connectivity index (χ1) is 9.59. The second kappa shape index (κ2) is 5.42. The van der Waals surface area contributed by atoms with Crippen molar-refractivity contribution in [2.75, 3.05) is 32.8 Å². The van der Waals surface area contributed by atoms with E-state index >= 15 is 0 Å². The molecule has 0 saturated carbocycles. The van der Waals surface area contributed by atoms with Crippen LogP contribution in [0.25, 0.3) is 0 Å². The smallest absolute Gasteiger partial charge is 0.256 e. The summed E-state index contributed by atoms with van der Waals surface area (Å²) in [6, 6.07) is 0. The standard InChI is InChI=1S/C14H24N4O2/c1-10-4-9-19-11(10)12-16-13(17-20-12)14(2,3)18-7-5-15-6-8-18/h10-11,15H,4-9H2,1-3H3. The van der Waals surface area contributed by atoms with E-state index in [4.69, 9.17) is 9.26 Å². The number of piperazine rings is 1. The highest BCUT2D eigenvalue weighted by Crippen LogP contribution is 2.34. The Morgan fingerprint density at radius 3 is 2.70 bits per heavy atom. The molecule has 0 aliphatic carbocycles. The fourth-order valence-electron chi connectivity index (χ4n) is 2.98. The zero-order valence-corrected chi connectivity index (χ0v) is 12.6. The van der Waals surface area contributed by atoms with Crippen molar-refractivity contribution >= 4 is 0 Å². The van der Waals surface area contributed by atoms with Crippen molar-refractivity contribution < 1.29 is 9.26 Å². The number of rotatable bonds is 3. The van der Waals surface area contributed by atoms with Crippen molar-refractivity contribution in [2.45, 2.75) is 38.8 Å². The van der Waals surface area contributed by atoms with Gasteiger partial charge in [-0.25, -0.2) is 0 Å². The summed E-state index contributed by atoms with van der Waals surface area (Å²) in [5.74, 6) is 1.84. The lowest BCUT2D eigenvalue weighted by Crippen LogP contribution is -2.52. The summed E-state index contributed by atoms with van der Waals surface area (Å²) >= 11 is 0. The molecule has 112 valence electrons. The molecule has 1 aromatic heterocycles. The minimum absolute atomic E-state index is 0.0323. The number of ether oxygens (including phenoxy) is 1. The van der Waals surface area contributed by atoms with Gasteiger partial charge in [-0.3, -0.25) is 4.90 Å². The molecule has 0 bridgehead atoms. The third kappa shape index (κ3) is 2.47. The van der Waals surface area contributed by atoms with Crippen molar-refractivity contribution in [3.63, 3.8) is 0 Å². The van der Waals surface area contributed by atoms with E-state index < -0.39 is 0 Å². The molecule has 20 heavy (non-hydrogen) atoms. The lowest BCUT2D eigenvalue weighted by Gasteiger charge is -2.38.